The van der Waals surface area contributed by atoms with Crippen LogP contribution >= 0.6 is 0 Å². The minimum atomic E-state index is -4.03. The van der Waals surface area contributed by atoms with E-state index in [-0.39, 0.29) is 11.1 Å². The molecule has 2 heterocycles. The lowest BCUT2D eigenvalue weighted by molar-refractivity contribution is 0.542. The van der Waals surface area contributed by atoms with Gasteiger partial charge in [0.2, 0.25) is 0 Å². The fourth-order valence-electron chi connectivity index (χ4n) is 2.39. The molecule has 2 aromatic heterocycles. The van der Waals surface area contributed by atoms with Crippen molar-refractivity contribution < 1.29 is 12.8 Å². The van der Waals surface area contributed by atoms with Crippen molar-refractivity contribution >= 4 is 15.7 Å². The van der Waals surface area contributed by atoms with Gasteiger partial charge in [-0.15, -0.1) is 0 Å². The number of halogens is 1. The van der Waals surface area contributed by atoms with Crippen molar-refractivity contribution in [1.82, 2.24) is 19.7 Å². The van der Waals surface area contributed by atoms with Gasteiger partial charge in [0.1, 0.15) is 16.5 Å². The third-order valence-corrected chi connectivity index (χ3v) is 5.15. The molecule has 7 nitrogen and oxygen atoms in total. The molecule has 0 radical (unpaired) electrons. The zero-order chi connectivity index (χ0) is 19.7. The first-order valence-corrected chi connectivity index (χ1v) is 9.75. The van der Waals surface area contributed by atoms with Crippen LogP contribution in [0.1, 0.15) is 32.2 Å². The molecule has 0 aliphatic carbocycles. The second-order valence-corrected chi connectivity index (χ2v) is 8.78. The number of sulfonamides is 1. The van der Waals surface area contributed by atoms with Crippen LogP contribution in [-0.4, -0.2) is 28.2 Å². The molecule has 1 N–H and O–H groups in total. The smallest absolute Gasteiger partial charge is 0.264 e. The first-order chi connectivity index (χ1) is 12.6. The summed E-state index contributed by atoms with van der Waals surface area (Å²) in [6.07, 6.45) is 6.33. The quantitative estimate of drug-likeness (QED) is 0.725. The lowest BCUT2D eigenvalue weighted by atomic mass is 9.96. The fraction of sp³-hybridized carbons (Fsp3) is 0.278. The van der Waals surface area contributed by atoms with E-state index in [0.29, 0.717) is 6.54 Å². The first-order valence-electron chi connectivity index (χ1n) is 8.26. The predicted octanol–water partition coefficient (Wildman–Crippen LogP) is 2.96. The second-order valence-electron chi connectivity index (χ2n) is 7.13. The number of nitrogens with zero attached hydrogens (tertiary/aromatic N) is 4. The summed E-state index contributed by atoms with van der Waals surface area (Å²) in [6.45, 7) is 6.47. The lowest BCUT2D eigenvalue weighted by Gasteiger charge is -2.16. The third kappa shape index (κ3) is 4.48. The Bertz CT molecular complexity index is 1040. The predicted molar refractivity (Wildman–Crippen MR) is 99.3 cm³/mol. The van der Waals surface area contributed by atoms with Gasteiger partial charge < -0.3 is 0 Å². The maximum absolute atomic E-state index is 13.7. The van der Waals surface area contributed by atoms with E-state index >= 15 is 0 Å². The highest BCUT2D eigenvalue weighted by atomic mass is 32.2. The number of aromatic nitrogens is 4. The maximum Gasteiger partial charge on any atom is 0.264 e. The van der Waals surface area contributed by atoms with Crippen LogP contribution in [0.2, 0.25) is 0 Å². The molecule has 3 aromatic rings. The minimum Gasteiger partial charge on any atom is -0.276 e. The molecule has 9 heteroatoms. The van der Waals surface area contributed by atoms with Crippen LogP contribution in [-0.2, 0) is 22.0 Å². The topological polar surface area (TPSA) is 89.8 Å². The summed E-state index contributed by atoms with van der Waals surface area (Å²) < 4.78 is 42.2. The highest BCUT2D eigenvalue weighted by molar-refractivity contribution is 7.92. The molecule has 0 bridgehead atoms. The molecule has 0 amide bonds. The van der Waals surface area contributed by atoms with E-state index in [2.05, 4.69) is 19.8 Å². The SMILES string of the molecule is CC(C)(C)c1ncc(Cn2cc(NS(=O)(=O)c3ccccc3F)cn2)cn1. The van der Waals surface area contributed by atoms with Crippen LogP contribution < -0.4 is 4.72 Å². The molecule has 0 unspecified atom stereocenters. The molecule has 0 spiro atoms. The Balaban J connectivity index is 1.73. The summed E-state index contributed by atoms with van der Waals surface area (Å²) in [6, 6.07) is 5.19. The summed E-state index contributed by atoms with van der Waals surface area (Å²) in [5.74, 6) is -0.0708. The monoisotopic (exact) mass is 389 g/mol. The highest BCUT2D eigenvalue weighted by Gasteiger charge is 2.19. The highest BCUT2D eigenvalue weighted by Crippen LogP contribution is 2.19. The van der Waals surface area contributed by atoms with Gasteiger partial charge in [0.25, 0.3) is 10.0 Å². The summed E-state index contributed by atoms with van der Waals surface area (Å²) in [5.41, 5.74) is 0.933. The number of rotatable bonds is 5. The van der Waals surface area contributed by atoms with Crippen molar-refractivity contribution in [3.05, 3.63) is 66.3 Å². The van der Waals surface area contributed by atoms with Crippen molar-refractivity contribution in [2.75, 3.05) is 4.72 Å². The van der Waals surface area contributed by atoms with Crippen molar-refractivity contribution in [3.63, 3.8) is 0 Å². The molecule has 142 valence electrons. The maximum atomic E-state index is 13.7. The molecular weight excluding hydrogens is 369 g/mol. The first kappa shape index (κ1) is 19.0. The Kier molecular flexibility index (Phi) is 4.97. The van der Waals surface area contributed by atoms with Gasteiger partial charge >= 0.3 is 0 Å². The van der Waals surface area contributed by atoms with Crippen LogP contribution in [0.4, 0.5) is 10.1 Å². The van der Waals surface area contributed by atoms with Gasteiger partial charge in [0, 0.05) is 29.6 Å². The van der Waals surface area contributed by atoms with E-state index < -0.39 is 20.7 Å². The zero-order valence-electron chi connectivity index (χ0n) is 15.2. The summed E-state index contributed by atoms with van der Waals surface area (Å²) in [4.78, 5) is 8.30. The van der Waals surface area contributed by atoms with Gasteiger partial charge in [0.15, 0.2) is 0 Å². The van der Waals surface area contributed by atoms with Crippen molar-refractivity contribution in [2.24, 2.45) is 0 Å². The molecule has 3 rings (SSSR count). The Morgan fingerprint density at radius 2 is 1.78 bits per heavy atom. The Morgan fingerprint density at radius 1 is 1.11 bits per heavy atom. The number of hydrogen-bond donors (Lipinski definition) is 1. The van der Waals surface area contributed by atoms with Gasteiger partial charge in [0.05, 0.1) is 18.4 Å². The van der Waals surface area contributed by atoms with Gasteiger partial charge in [-0.2, -0.15) is 5.10 Å². The number of anilines is 1. The van der Waals surface area contributed by atoms with Crippen molar-refractivity contribution in [1.29, 1.82) is 0 Å². The molecule has 1 aromatic carbocycles. The minimum absolute atomic E-state index is 0.137. The number of hydrogen-bond acceptors (Lipinski definition) is 5. The average molecular weight is 389 g/mol. The van der Waals surface area contributed by atoms with Gasteiger partial charge in [-0.3, -0.25) is 9.40 Å². The van der Waals surface area contributed by atoms with E-state index in [4.69, 9.17) is 0 Å². The molecule has 0 saturated heterocycles. The normalized spacial score (nSPS) is 12.1. The standard InChI is InChI=1S/C18H20FN5O2S/c1-18(2,3)17-20-8-13(9-21-17)11-24-12-14(10-22-24)23-27(25,26)16-7-5-4-6-15(16)19/h4-10,12,23H,11H2,1-3H3. The van der Waals surface area contributed by atoms with Crippen LogP contribution in [0.3, 0.4) is 0 Å². The average Bonchev–Trinajstić information content (AvgIpc) is 3.01. The molecule has 0 aliphatic rings. The zero-order valence-corrected chi connectivity index (χ0v) is 16.0. The van der Waals surface area contributed by atoms with E-state index in [1.165, 1.54) is 30.6 Å². The molecule has 0 fully saturated rings. The molecule has 0 saturated carbocycles. The van der Waals surface area contributed by atoms with E-state index in [1.54, 1.807) is 17.1 Å². The third-order valence-electron chi connectivity index (χ3n) is 3.73. The Morgan fingerprint density at radius 3 is 2.41 bits per heavy atom. The van der Waals surface area contributed by atoms with E-state index in [1.807, 2.05) is 20.8 Å². The lowest BCUT2D eigenvalue weighted by Crippen LogP contribution is -2.16. The van der Waals surface area contributed by atoms with Crippen molar-refractivity contribution in [3.8, 4) is 0 Å². The molecule has 0 atom stereocenters. The summed E-state index contributed by atoms with van der Waals surface area (Å²) >= 11 is 0. The van der Waals surface area contributed by atoms with Crippen LogP contribution in [0.15, 0.2) is 53.9 Å². The summed E-state index contributed by atoms with van der Waals surface area (Å²) in [5, 5.41) is 4.12. The fourth-order valence-corrected chi connectivity index (χ4v) is 3.49. The van der Waals surface area contributed by atoms with Gasteiger partial charge in [-0.1, -0.05) is 32.9 Å². The van der Waals surface area contributed by atoms with Gasteiger partial charge in [-0.05, 0) is 12.1 Å². The van der Waals surface area contributed by atoms with E-state index in [0.717, 1.165) is 17.5 Å². The number of benzene rings is 1. The van der Waals surface area contributed by atoms with E-state index in [9.17, 15) is 12.8 Å². The molecule has 27 heavy (non-hydrogen) atoms. The molecular formula is C18H20FN5O2S. The van der Waals surface area contributed by atoms with Crippen LogP contribution in [0.25, 0.3) is 0 Å². The van der Waals surface area contributed by atoms with Crippen LogP contribution in [0, 0.1) is 5.82 Å². The summed E-state index contributed by atoms with van der Waals surface area (Å²) in [7, 11) is -4.03. The molecule has 0 aliphatic heterocycles. The second kappa shape index (κ2) is 7.07. The Labute approximate surface area is 157 Å². The largest absolute Gasteiger partial charge is 0.276 e. The Hall–Kier alpha value is -2.81. The van der Waals surface area contributed by atoms with Crippen molar-refractivity contribution in [2.45, 2.75) is 37.6 Å². The van der Waals surface area contributed by atoms with Crippen LogP contribution in [0.5, 0.6) is 0 Å². The van der Waals surface area contributed by atoms with Gasteiger partial charge in [-0.25, -0.2) is 22.8 Å². The number of nitrogens with one attached hydrogen (secondary N) is 1.